The van der Waals surface area contributed by atoms with E-state index in [4.69, 9.17) is 9.47 Å². The lowest BCUT2D eigenvalue weighted by atomic mass is 10.1. The molecule has 3 nitrogen and oxygen atoms in total. The molecule has 1 fully saturated rings. The minimum absolute atomic E-state index is 0.285. The van der Waals surface area contributed by atoms with Gasteiger partial charge in [0.1, 0.15) is 0 Å². The Kier molecular flexibility index (Phi) is 7.01. The highest BCUT2D eigenvalue weighted by atomic mass is 16.5. The van der Waals surface area contributed by atoms with Crippen LogP contribution < -0.4 is 0 Å². The number of nitrogens with zero attached hydrogens (tertiary/aromatic N) is 1. The Bertz CT molecular complexity index is 171. The Balaban J connectivity index is 2.07. The maximum atomic E-state index is 5.69. The maximum Gasteiger partial charge on any atom is 0.0935 e. The molecule has 1 aliphatic heterocycles. The lowest BCUT2D eigenvalue weighted by molar-refractivity contribution is -0.0698. The SMILES string of the molecule is CCCN1CCO[C@@H](COCCC(C)C)C1. The lowest BCUT2D eigenvalue weighted by Crippen LogP contribution is -2.44. The molecule has 0 spiro atoms. The van der Waals surface area contributed by atoms with E-state index in [1.807, 2.05) is 0 Å². The largest absolute Gasteiger partial charge is 0.379 e. The van der Waals surface area contributed by atoms with Crippen molar-refractivity contribution in [2.75, 3.05) is 39.5 Å². The fourth-order valence-electron chi connectivity index (χ4n) is 1.93. The molecule has 0 aromatic rings. The van der Waals surface area contributed by atoms with Crippen LogP contribution in [0.4, 0.5) is 0 Å². The normalized spacial score (nSPS) is 22.9. The van der Waals surface area contributed by atoms with Gasteiger partial charge < -0.3 is 9.47 Å². The first-order valence-corrected chi connectivity index (χ1v) is 6.64. The van der Waals surface area contributed by atoms with Gasteiger partial charge >= 0.3 is 0 Å². The van der Waals surface area contributed by atoms with Gasteiger partial charge in [-0.25, -0.2) is 0 Å². The molecule has 0 bridgehead atoms. The third kappa shape index (κ3) is 5.83. The Morgan fingerprint density at radius 3 is 2.94 bits per heavy atom. The molecule has 0 unspecified atom stereocenters. The van der Waals surface area contributed by atoms with E-state index in [0.29, 0.717) is 0 Å². The zero-order valence-corrected chi connectivity index (χ0v) is 11.1. The molecule has 0 radical (unpaired) electrons. The first kappa shape index (κ1) is 13.9. The summed E-state index contributed by atoms with van der Waals surface area (Å²) in [6, 6.07) is 0. The number of rotatable bonds is 7. The second-order valence-corrected chi connectivity index (χ2v) is 5.05. The van der Waals surface area contributed by atoms with Crippen molar-refractivity contribution in [1.82, 2.24) is 4.90 Å². The summed E-state index contributed by atoms with van der Waals surface area (Å²) >= 11 is 0. The Morgan fingerprint density at radius 1 is 1.44 bits per heavy atom. The minimum Gasteiger partial charge on any atom is -0.379 e. The van der Waals surface area contributed by atoms with Gasteiger partial charge in [-0.15, -0.1) is 0 Å². The van der Waals surface area contributed by atoms with Gasteiger partial charge in [0.2, 0.25) is 0 Å². The van der Waals surface area contributed by atoms with Crippen molar-refractivity contribution >= 4 is 0 Å². The molecule has 0 aromatic heterocycles. The van der Waals surface area contributed by atoms with Gasteiger partial charge in [-0.3, -0.25) is 4.90 Å². The van der Waals surface area contributed by atoms with Crippen LogP contribution in [-0.4, -0.2) is 50.5 Å². The van der Waals surface area contributed by atoms with Crippen molar-refractivity contribution in [3.63, 3.8) is 0 Å². The average molecular weight is 229 g/mol. The molecule has 0 aromatic carbocycles. The third-order valence-corrected chi connectivity index (χ3v) is 2.91. The molecular weight excluding hydrogens is 202 g/mol. The fraction of sp³-hybridized carbons (Fsp3) is 1.00. The van der Waals surface area contributed by atoms with Gasteiger partial charge in [-0.2, -0.15) is 0 Å². The highest BCUT2D eigenvalue weighted by molar-refractivity contribution is 4.70. The quantitative estimate of drug-likeness (QED) is 0.624. The Morgan fingerprint density at radius 2 is 2.25 bits per heavy atom. The summed E-state index contributed by atoms with van der Waals surface area (Å²) in [6.45, 7) is 12.5. The molecule has 0 aliphatic carbocycles. The zero-order valence-electron chi connectivity index (χ0n) is 11.1. The van der Waals surface area contributed by atoms with E-state index >= 15 is 0 Å². The molecule has 1 aliphatic rings. The van der Waals surface area contributed by atoms with Crippen molar-refractivity contribution in [3.05, 3.63) is 0 Å². The minimum atomic E-state index is 0.285. The summed E-state index contributed by atoms with van der Waals surface area (Å²) in [5.74, 6) is 0.726. The smallest absolute Gasteiger partial charge is 0.0935 e. The second kappa shape index (κ2) is 8.04. The van der Waals surface area contributed by atoms with Crippen LogP contribution in [0.1, 0.15) is 33.6 Å². The Labute approximate surface area is 100 Å². The zero-order chi connectivity index (χ0) is 11.8. The molecular formula is C13H27NO2. The van der Waals surface area contributed by atoms with Crippen LogP contribution in [0.5, 0.6) is 0 Å². The van der Waals surface area contributed by atoms with E-state index < -0.39 is 0 Å². The number of hydrogen-bond donors (Lipinski definition) is 0. The summed E-state index contributed by atoms with van der Waals surface area (Å²) < 4.78 is 11.4. The Hall–Kier alpha value is -0.120. The fourth-order valence-corrected chi connectivity index (χ4v) is 1.93. The van der Waals surface area contributed by atoms with Crippen molar-refractivity contribution < 1.29 is 9.47 Å². The molecule has 1 rings (SSSR count). The molecule has 16 heavy (non-hydrogen) atoms. The summed E-state index contributed by atoms with van der Waals surface area (Å²) in [5.41, 5.74) is 0. The summed E-state index contributed by atoms with van der Waals surface area (Å²) in [4.78, 5) is 2.47. The molecule has 0 amide bonds. The average Bonchev–Trinajstić information content (AvgIpc) is 2.25. The predicted octanol–water partition coefficient (Wildman–Crippen LogP) is 2.16. The van der Waals surface area contributed by atoms with Crippen LogP contribution in [0, 0.1) is 5.92 Å². The summed E-state index contributed by atoms with van der Waals surface area (Å²) in [7, 11) is 0. The van der Waals surface area contributed by atoms with Crippen LogP contribution in [0.25, 0.3) is 0 Å². The van der Waals surface area contributed by atoms with Gasteiger partial charge in [0.25, 0.3) is 0 Å². The van der Waals surface area contributed by atoms with E-state index in [9.17, 15) is 0 Å². The number of hydrogen-bond acceptors (Lipinski definition) is 3. The maximum absolute atomic E-state index is 5.69. The topological polar surface area (TPSA) is 21.7 Å². The van der Waals surface area contributed by atoms with Crippen molar-refractivity contribution in [3.8, 4) is 0 Å². The predicted molar refractivity (Wildman–Crippen MR) is 66.7 cm³/mol. The molecule has 96 valence electrons. The van der Waals surface area contributed by atoms with Gasteiger partial charge in [0, 0.05) is 19.7 Å². The van der Waals surface area contributed by atoms with Gasteiger partial charge in [-0.1, -0.05) is 20.8 Å². The van der Waals surface area contributed by atoms with Gasteiger partial charge in [0.05, 0.1) is 19.3 Å². The van der Waals surface area contributed by atoms with Crippen molar-refractivity contribution in [2.24, 2.45) is 5.92 Å². The molecule has 0 saturated carbocycles. The third-order valence-electron chi connectivity index (χ3n) is 2.91. The number of ether oxygens (including phenoxy) is 2. The second-order valence-electron chi connectivity index (χ2n) is 5.05. The highest BCUT2D eigenvalue weighted by Crippen LogP contribution is 2.07. The lowest BCUT2D eigenvalue weighted by Gasteiger charge is -2.32. The van der Waals surface area contributed by atoms with E-state index in [-0.39, 0.29) is 6.10 Å². The monoisotopic (exact) mass is 229 g/mol. The van der Waals surface area contributed by atoms with E-state index in [1.54, 1.807) is 0 Å². The molecule has 1 heterocycles. The van der Waals surface area contributed by atoms with Crippen LogP contribution in [0.15, 0.2) is 0 Å². The molecule has 1 atom stereocenters. The van der Waals surface area contributed by atoms with E-state index in [2.05, 4.69) is 25.7 Å². The first-order chi connectivity index (χ1) is 7.72. The van der Waals surface area contributed by atoms with Gasteiger partial charge in [-0.05, 0) is 25.3 Å². The van der Waals surface area contributed by atoms with Crippen LogP contribution in [0.3, 0.4) is 0 Å². The number of morpholine rings is 1. The van der Waals surface area contributed by atoms with Crippen LogP contribution in [-0.2, 0) is 9.47 Å². The summed E-state index contributed by atoms with van der Waals surface area (Å²) in [6.07, 6.45) is 2.65. The summed E-state index contributed by atoms with van der Waals surface area (Å²) in [5, 5.41) is 0. The molecule has 1 saturated heterocycles. The first-order valence-electron chi connectivity index (χ1n) is 6.64. The van der Waals surface area contributed by atoms with Crippen LogP contribution in [0.2, 0.25) is 0 Å². The van der Waals surface area contributed by atoms with E-state index in [0.717, 1.165) is 45.2 Å². The van der Waals surface area contributed by atoms with Gasteiger partial charge in [0.15, 0.2) is 0 Å². The molecule has 0 N–H and O–H groups in total. The van der Waals surface area contributed by atoms with E-state index in [1.165, 1.54) is 13.0 Å². The van der Waals surface area contributed by atoms with Crippen molar-refractivity contribution in [2.45, 2.75) is 39.7 Å². The molecule has 3 heteroatoms. The van der Waals surface area contributed by atoms with Crippen LogP contribution >= 0.6 is 0 Å². The van der Waals surface area contributed by atoms with Crippen molar-refractivity contribution in [1.29, 1.82) is 0 Å². The highest BCUT2D eigenvalue weighted by Gasteiger charge is 2.19. The standard InChI is InChI=1S/C13H27NO2/c1-4-6-14-7-9-16-13(10-14)11-15-8-5-12(2)3/h12-13H,4-11H2,1-3H3/t13-/m1/s1.